The molecule has 1 aromatic heterocycles. The van der Waals surface area contributed by atoms with Crippen molar-refractivity contribution in [3.8, 4) is 0 Å². The lowest BCUT2D eigenvalue weighted by Gasteiger charge is -2.04. The molecule has 0 spiro atoms. The van der Waals surface area contributed by atoms with E-state index in [9.17, 15) is 10.1 Å². The van der Waals surface area contributed by atoms with Gasteiger partial charge in [0.2, 0.25) is 11.0 Å². The zero-order valence-corrected chi connectivity index (χ0v) is 8.44. The number of nitrogens with zero attached hydrogens (tertiary/aromatic N) is 3. The summed E-state index contributed by atoms with van der Waals surface area (Å²) in [6.07, 6.45) is 1.61. The van der Waals surface area contributed by atoms with Crippen LogP contribution in [-0.2, 0) is 0 Å². The van der Waals surface area contributed by atoms with Crippen LogP contribution in [0.1, 0.15) is 6.42 Å². The van der Waals surface area contributed by atoms with E-state index in [4.69, 9.17) is 16.7 Å². The molecule has 0 amide bonds. The lowest BCUT2D eigenvalue weighted by molar-refractivity contribution is -0.384. The molecule has 15 heavy (non-hydrogen) atoms. The van der Waals surface area contributed by atoms with Crippen molar-refractivity contribution >= 4 is 23.1 Å². The van der Waals surface area contributed by atoms with Crippen LogP contribution >= 0.6 is 11.6 Å². The smallest absolute Gasteiger partial charge is 0.348 e. The summed E-state index contributed by atoms with van der Waals surface area (Å²) in [6, 6.07) is 0. The second-order valence-corrected chi connectivity index (χ2v) is 2.98. The van der Waals surface area contributed by atoms with Gasteiger partial charge in [0.25, 0.3) is 0 Å². The normalized spacial score (nSPS) is 10.0. The third-order valence-corrected chi connectivity index (χ3v) is 1.86. The number of anilines is 1. The van der Waals surface area contributed by atoms with Crippen LogP contribution in [0.5, 0.6) is 0 Å². The van der Waals surface area contributed by atoms with Crippen LogP contribution in [-0.4, -0.2) is 33.1 Å². The SMILES string of the molecule is O=[N+]([O-])c1c(Cl)ncnc1NCCCO. The Morgan fingerprint density at radius 2 is 2.33 bits per heavy atom. The Morgan fingerprint density at radius 1 is 1.60 bits per heavy atom. The van der Waals surface area contributed by atoms with Crippen molar-refractivity contribution in [1.29, 1.82) is 0 Å². The number of nitrogens with one attached hydrogen (secondary N) is 1. The van der Waals surface area contributed by atoms with Crippen LogP contribution in [0.2, 0.25) is 5.15 Å². The number of halogens is 1. The highest BCUT2D eigenvalue weighted by molar-refractivity contribution is 6.31. The van der Waals surface area contributed by atoms with Crippen molar-refractivity contribution < 1.29 is 10.0 Å². The molecule has 7 nitrogen and oxygen atoms in total. The second-order valence-electron chi connectivity index (χ2n) is 2.62. The Morgan fingerprint density at radius 3 is 2.93 bits per heavy atom. The zero-order valence-electron chi connectivity index (χ0n) is 7.68. The minimum absolute atomic E-state index is 0.000384. The number of hydrogen-bond acceptors (Lipinski definition) is 6. The molecule has 0 unspecified atom stereocenters. The number of aromatic nitrogens is 2. The standard InChI is InChI=1S/C7H9ClN4O3/c8-6-5(12(14)15)7(11-4-10-6)9-2-1-3-13/h4,13H,1-3H2,(H,9,10,11). The quantitative estimate of drug-likeness (QED) is 0.338. The maximum absolute atomic E-state index is 10.6. The van der Waals surface area contributed by atoms with Crippen molar-refractivity contribution in [2.45, 2.75) is 6.42 Å². The summed E-state index contributed by atoms with van der Waals surface area (Å²) in [5.41, 5.74) is -0.350. The van der Waals surface area contributed by atoms with Crippen LogP contribution in [0.15, 0.2) is 6.33 Å². The van der Waals surface area contributed by atoms with E-state index in [-0.39, 0.29) is 23.3 Å². The zero-order chi connectivity index (χ0) is 11.3. The molecule has 0 saturated carbocycles. The number of aliphatic hydroxyl groups is 1. The van der Waals surface area contributed by atoms with Gasteiger partial charge in [0.1, 0.15) is 6.33 Å². The minimum atomic E-state index is -0.649. The van der Waals surface area contributed by atoms with Gasteiger partial charge in [0, 0.05) is 13.2 Å². The average Bonchev–Trinajstić information content (AvgIpc) is 2.17. The van der Waals surface area contributed by atoms with E-state index < -0.39 is 4.92 Å². The highest BCUT2D eigenvalue weighted by Gasteiger charge is 2.20. The summed E-state index contributed by atoms with van der Waals surface area (Å²) in [6.45, 7) is 0.379. The van der Waals surface area contributed by atoms with E-state index in [1.807, 2.05) is 0 Å². The molecule has 1 rings (SSSR count). The van der Waals surface area contributed by atoms with Gasteiger partial charge in [0.15, 0.2) is 0 Å². The first-order valence-corrected chi connectivity index (χ1v) is 4.54. The first kappa shape index (κ1) is 11.6. The van der Waals surface area contributed by atoms with Crippen LogP contribution in [0.4, 0.5) is 11.5 Å². The summed E-state index contributed by atoms with van der Waals surface area (Å²) < 4.78 is 0. The van der Waals surface area contributed by atoms with Crippen molar-refractivity contribution in [1.82, 2.24) is 9.97 Å². The Hall–Kier alpha value is -1.47. The molecule has 82 valence electrons. The molecule has 0 aliphatic heterocycles. The molecule has 0 bridgehead atoms. The van der Waals surface area contributed by atoms with E-state index in [0.29, 0.717) is 13.0 Å². The molecule has 0 aliphatic carbocycles. The van der Waals surface area contributed by atoms with Gasteiger partial charge in [-0.1, -0.05) is 11.6 Å². The third kappa shape index (κ3) is 3.00. The summed E-state index contributed by atoms with van der Waals surface area (Å²) in [5, 5.41) is 21.7. The van der Waals surface area contributed by atoms with Gasteiger partial charge in [-0.15, -0.1) is 0 Å². The molecule has 0 saturated heterocycles. The first-order valence-electron chi connectivity index (χ1n) is 4.16. The lowest BCUT2D eigenvalue weighted by atomic mass is 10.4. The monoisotopic (exact) mass is 232 g/mol. The summed E-state index contributed by atoms with van der Waals surface area (Å²) >= 11 is 5.56. The number of rotatable bonds is 5. The maximum Gasteiger partial charge on any atom is 0.348 e. The molecule has 8 heteroatoms. The lowest BCUT2D eigenvalue weighted by Crippen LogP contribution is -2.08. The maximum atomic E-state index is 10.6. The fraction of sp³-hybridized carbons (Fsp3) is 0.429. The fourth-order valence-electron chi connectivity index (χ4n) is 0.934. The largest absolute Gasteiger partial charge is 0.396 e. The Balaban J connectivity index is 2.86. The van der Waals surface area contributed by atoms with Crippen LogP contribution in [0.25, 0.3) is 0 Å². The number of nitro groups is 1. The predicted octanol–water partition coefficient (Wildman–Crippen LogP) is 0.832. The molecule has 0 aromatic carbocycles. The van der Waals surface area contributed by atoms with Crippen molar-refractivity contribution in [3.63, 3.8) is 0 Å². The molecular weight excluding hydrogens is 224 g/mol. The van der Waals surface area contributed by atoms with Gasteiger partial charge in [-0.25, -0.2) is 9.97 Å². The summed E-state index contributed by atoms with van der Waals surface area (Å²) in [4.78, 5) is 17.2. The predicted molar refractivity (Wildman–Crippen MR) is 53.9 cm³/mol. The van der Waals surface area contributed by atoms with E-state index in [2.05, 4.69) is 15.3 Å². The summed E-state index contributed by atoms with van der Waals surface area (Å²) in [7, 11) is 0. The highest BCUT2D eigenvalue weighted by Crippen LogP contribution is 2.27. The second kappa shape index (κ2) is 5.42. The highest BCUT2D eigenvalue weighted by atomic mass is 35.5. The topological polar surface area (TPSA) is 101 Å². The van der Waals surface area contributed by atoms with Crippen molar-refractivity contribution in [2.75, 3.05) is 18.5 Å². The molecule has 1 heterocycles. The van der Waals surface area contributed by atoms with Crippen LogP contribution in [0, 0.1) is 10.1 Å². The van der Waals surface area contributed by atoms with Crippen LogP contribution < -0.4 is 5.32 Å². The Bertz CT molecular complexity index is 360. The number of aliphatic hydroxyl groups excluding tert-OH is 1. The Labute approximate surface area is 90.3 Å². The third-order valence-electron chi connectivity index (χ3n) is 1.59. The summed E-state index contributed by atoms with van der Waals surface area (Å²) in [5.74, 6) is 0.0634. The van der Waals surface area contributed by atoms with Crippen LogP contribution in [0.3, 0.4) is 0 Å². The van der Waals surface area contributed by atoms with Gasteiger partial charge in [0.05, 0.1) is 4.92 Å². The van der Waals surface area contributed by atoms with Crippen molar-refractivity contribution in [3.05, 3.63) is 21.6 Å². The van der Waals surface area contributed by atoms with Gasteiger partial charge in [-0.2, -0.15) is 0 Å². The molecular formula is C7H9ClN4O3. The average molecular weight is 233 g/mol. The van der Waals surface area contributed by atoms with E-state index in [1.165, 1.54) is 0 Å². The van der Waals surface area contributed by atoms with Crippen molar-refractivity contribution in [2.24, 2.45) is 0 Å². The molecule has 0 fully saturated rings. The van der Waals surface area contributed by atoms with Gasteiger partial charge < -0.3 is 10.4 Å². The molecule has 0 aliphatic rings. The minimum Gasteiger partial charge on any atom is -0.396 e. The number of hydrogen-bond donors (Lipinski definition) is 2. The molecule has 2 N–H and O–H groups in total. The van der Waals surface area contributed by atoms with Gasteiger partial charge in [-0.05, 0) is 6.42 Å². The van der Waals surface area contributed by atoms with E-state index in [0.717, 1.165) is 6.33 Å². The van der Waals surface area contributed by atoms with E-state index >= 15 is 0 Å². The fourth-order valence-corrected chi connectivity index (χ4v) is 1.14. The first-order chi connectivity index (χ1) is 7.16. The molecule has 1 aromatic rings. The van der Waals surface area contributed by atoms with Gasteiger partial charge in [-0.3, -0.25) is 10.1 Å². The van der Waals surface area contributed by atoms with Gasteiger partial charge >= 0.3 is 5.69 Å². The molecule has 0 atom stereocenters. The van der Waals surface area contributed by atoms with E-state index in [1.54, 1.807) is 0 Å². The Kier molecular flexibility index (Phi) is 4.19. The molecule has 0 radical (unpaired) electrons.